The van der Waals surface area contributed by atoms with E-state index in [1.165, 1.54) is 0 Å². The van der Waals surface area contributed by atoms with E-state index < -0.39 is 0 Å². The Bertz CT molecular complexity index is 499. The molecule has 0 amide bonds. The molecule has 1 fully saturated rings. The summed E-state index contributed by atoms with van der Waals surface area (Å²) in [4.78, 5) is 18.8. The molecule has 0 saturated carbocycles. The van der Waals surface area contributed by atoms with Gasteiger partial charge in [0.1, 0.15) is 5.76 Å². The third-order valence-electron chi connectivity index (χ3n) is 3.88. The van der Waals surface area contributed by atoms with Crippen LogP contribution in [0.15, 0.2) is 27.8 Å². The molecule has 0 aromatic carbocycles. The number of carbonyl (C=O) groups excluding carboxylic acids is 1. The quantitative estimate of drug-likeness (QED) is 0.493. The van der Waals surface area contributed by atoms with Crippen molar-refractivity contribution in [2.24, 2.45) is 10.9 Å². The maximum absolute atomic E-state index is 12.0. The van der Waals surface area contributed by atoms with Gasteiger partial charge in [0.15, 0.2) is 5.96 Å². The maximum Gasteiger partial charge on any atom is 0.310 e. The molecule has 1 saturated heterocycles. The lowest BCUT2D eigenvalue weighted by molar-refractivity contribution is -0.149. The second-order valence-corrected chi connectivity index (χ2v) is 5.60. The molecule has 23 heavy (non-hydrogen) atoms. The van der Waals surface area contributed by atoms with Crippen LogP contribution in [0.25, 0.3) is 0 Å². The van der Waals surface area contributed by atoms with Gasteiger partial charge < -0.3 is 19.4 Å². The molecule has 0 bridgehead atoms. The van der Waals surface area contributed by atoms with Crippen molar-refractivity contribution in [3.8, 4) is 0 Å². The molecule has 0 aliphatic carbocycles. The highest BCUT2D eigenvalue weighted by Crippen LogP contribution is 2.18. The summed E-state index contributed by atoms with van der Waals surface area (Å²) in [6, 6.07) is 3.85. The van der Waals surface area contributed by atoms with Crippen LogP contribution in [0.2, 0.25) is 0 Å². The molecule has 1 unspecified atom stereocenters. The molecule has 1 atom stereocenters. The van der Waals surface area contributed by atoms with Crippen molar-refractivity contribution in [3.05, 3.63) is 24.2 Å². The Kier molecular flexibility index (Phi) is 6.97. The number of nitrogens with one attached hydrogen (secondary N) is 1. The van der Waals surface area contributed by atoms with E-state index in [2.05, 4.69) is 22.1 Å². The molecule has 1 N–H and O–H groups in total. The lowest BCUT2D eigenvalue weighted by Crippen LogP contribution is -2.48. The van der Waals surface area contributed by atoms with Crippen LogP contribution in [0.4, 0.5) is 0 Å². The molecule has 1 aromatic heterocycles. The lowest BCUT2D eigenvalue weighted by atomic mass is 9.98. The van der Waals surface area contributed by atoms with Crippen LogP contribution in [0.5, 0.6) is 0 Å². The Balaban J connectivity index is 1.93. The van der Waals surface area contributed by atoms with E-state index in [0.717, 1.165) is 44.1 Å². The molecule has 128 valence electrons. The van der Waals surface area contributed by atoms with Crippen LogP contribution in [0.3, 0.4) is 0 Å². The van der Waals surface area contributed by atoms with Gasteiger partial charge in [0.25, 0.3) is 0 Å². The Morgan fingerprint density at radius 2 is 2.39 bits per heavy atom. The molecule has 1 aromatic rings. The van der Waals surface area contributed by atoms with Crippen LogP contribution in [0.1, 0.15) is 32.4 Å². The number of likely N-dealkylation sites (tertiary alicyclic amines) is 1. The summed E-state index contributed by atoms with van der Waals surface area (Å²) in [6.45, 7) is 7.39. The van der Waals surface area contributed by atoms with Crippen molar-refractivity contribution in [2.45, 2.75) is 33.1 Å². The first-order valence-electron chi connectivity index (χ1n) is 8.46. The molecule has 0 spiro atoms. The van der Waals surface area contributed by atoms with Crippen molar-refractivity contribution in [3.63, 3.8) is 0 Å². The molecular weight excluding hydrogens is 294 g/mol. The van der Waals surface area contributed by atoms with E-state index in [1.54, 1.807) is 6.26 Å². The summed E-state index contributed by atoms with van der Waals surface area (Å²) >= 11 is 0. The van der Waals surface area contributed by atoms with Gasteiger partial charge in [-0.1, -0.05) is 0 Å². The third-order valence-corrected chi connectivity index (χ3v) is 3.88. The minimum atomic E-state index is -0.0939. The van der Waals surface area contributed by atoms with Crippen LogP contribution in [-0.4, -0.2) is 49.6 Å². The molecule has 2 rings (SSSR count). The van der Waals surface area contributed by atoms with Crippen molar-refractivity contribution in [1.82, 2.24) is 10.2 Å². The van der Waals surface area contributed by atoms with Gasteiger partial charge in [-0.3, -0.25) is 9.79 Å². The molecule has 6 heteroatoms. The van der Waals surface area contributed by atoms with Crippen LogP contribution in [0, 0.1) is 5.92 Å². The van der Waals surface area contributed by atoms with Gasteiger partial charge in [0.05, 0.1) is 18.8 Å². The molecule has 1 aliphatic rings. The highest BCUT2D eigenvalue weighted by molar-refractivity contribution is 5.81. The highest BCUT2D eigenvalue weighted by atomic mass is 16.5. The molecule has 6 nitrogen and oxygen atoms in total. The molecule has 0 radical (unpaired) electrons. The number of nitrogens with zero attached hydrogens (tertiary/aromatic N) is 2. The number of piperidine rings is 1. The van der Waals surface area contributed by atoms with Crippen molar-refractivity contribution in [1.29, 1.82) is 0 Å². The normalized spacial score (nSPS) is 18.8. The summed E-state index contributed by atoms with van der Waals surface area (Å²) in [7, 11) is 0. The van der Waals surface area contributed by atoms with Gasteiger partial charge in [-0.15, -0.1) is 0 Å². The van der Waals surface area contributed by atoms with Gasteiger partial charge in [0.2, 0.25) is 0 Å². The van der Waals surface area contributed by atoms with Gasteiger partial charge in [-0.25, -0.2) is 0 Å². The number of hydrogen-bond acceptors (Lipinski definition) is 4. The molecule has 1 aliphatic heterocycles. The average molecular weight is 321 g/mol. The number of esters is 1. The Morgan fingerprint density at radius 3 is 3.09 bits per heavy atom. The topological polar surface area (TPSA) is 67.1 Å². The number of rotatable bonds is 6. The predicted molar refractivity (Wildman–Crippen MR) is 89.3 cm³/mol. The van der Waals surface area contributed by atoms with Gasteiger partial charge in [-0.2, -0.15) is 0 Å². The average Bonchev–Trinajstić information content (AvgIpc) is 3.08. The van der Waals surface area contributed by atoms with E-state index in [0.29, 0.717) is 19.7 Å². The molecular formula is C17H27N3O3. The zero-order chi connectivity index (χ0) is 16.5. The second kappa shape index (κ2) is 9.22. The van der Waals surface area contributed by atoms with Crippen LogP contribution in [-0.2, 0) is 16.0 Å². The van der Waals surface area contributed by atoms with Crippen molar-refractivity contribution < 1.29 is 13.9 Å². The summed E-state index contributed by atoms with van der Waals surface area (Å²) in [5.41, 5.74) is 0. The van der Waals surface area contributed by atoms with E-state index in [4.69, 9.17) is 9.15 Å². The van der Waals surface area contributed by atoms with Crippen LogP contribution >= 0.6 is 0 Å². The largest absolute Gasteiger partial charge is 0.469 e. The van der Waals surface area contributed by atoms with E-state index >= 15 is 0 Å². The Hall–Kier alpha value is -1.98. The minimum Gasteiger partial charge on any atom is -0.469 e. The zero-order valence-electron chi connectivity index (χ0n) is 14.1. The fourth-order valence-corrected chi connectivity index (χ4v) is 2.77. The number of furan rings is 1. The SMILES string of the molecule is CCNC(=NCCc1ccco1)N1CCCC(C(=O)OCC)C1. The number of hydrogen-bond donors (Lipinski definition) is 1. The first kappa shape index (κ1) is 17.4. The highest BCUT2D eigenvalue weighted by Gasteiger charge is 2.28. The number of ether oxygens (including phenoxy) is 1. The zero-order valence-corrected chi connectivity index (χ0v) is 14.1. The standard InChI is InChI=1S/C17H27N3O3/c1-3-18-17(19-10-9-15-8-6-12-23-15)20-11-5-7-14(13-20)16(21)22-4-2/h6,8,12,14H,3-5,7,9-11,13H2,1-2H3,(H,18,19). The lowest BCUT2D eigenvalue weighted by Gasteiger charge is -2.34. The summed E-state index contributed by atoms with van der Waals surface area (Å²) in [5, 5.41) is 3.32. The molecule has 2 heterocycles. The third kappa shape index (κ3) is 5.30. The van der Waals surface area contributed by atoms with Crippen molar-refractivity contribution >= 4 is 11.9 Å². The number of carbonyl (C=O) groups is 1. The Morgan fingerprint density at radius 1 is 1.52 bits per heavy atom. The fraction of sp³-hybridized carbons (Fsp3) is 0.647. The summed E-state index contributed by atoms with van der Waals surface area (Å²) in [6.07, 6.45) is 4.32. The fourth-order valence-electron chi connectivity index (χ4n) is 2.77. The maximum atomic E-state index is 12.0. The van der Waals surface area contributed by atoms with E-state index in [1.807, 2.05) is 19.1 Å². The predicted octanol–water partition coefficient (Wildman–Crippen LogP) is 2.06. The van der Waals surface area contributed by atoms with Gasteiger partial charge in [0, 0.05) is 32.6 Å². The second-order valence-electron chi connectivity index (χ2n) is 5.60. The summed E-state index contributed by atoms with van der Waals surface area (Å²) < 4.78 is 10.5. The minimum absolute atomic E-state index is 0.0578. The number of guanidine groups is 1. The Labute approximate surface area is 137 Å². The van der Waals surface area contributed by atoms with E-state index in [-0.39, 0.29) is 11.9 Å². The summed E-state index contributed by atoms with van der Waals surface area (Å²) in [5.74, 6) is 1.65. The monoisotopic (exact) mass is 321 g/mol. The first-order valence-corrected chi connectivity index (χ1v) is 8.46. The van der Waals surface area contributed by atoms with Gasteiger partial charge >= 0.3 is 5.97 Å². The van der Waals surface area contributed by atoms with Crippen molar-refractivity contribution in [2.75, 3.05) is 32.8 Å². The van der Waals surface area contributed by atoms with E-state index in [9.17, 15) is 4.79 Å². The van der Waals surface area contributed by atoms with Gasteiger partial charge in [-0.05, 0) is 38.8 Å². The number of aliphatic imine (C=N–C) groups is 1. The van der Waals surface area contributed by atoms with Crippen LogP contribution < -0.4 is 5.32 Å². The first-order chi connectivity index (χ1) is 11.2. The smallest absolute Gasteiger partial charge is 0.310 e.